The minimum atomic E-state index is -0.508. The Kier molecular flexibility index (Phi) is 3.68. The molecule has 1 saturated heterocycles. The first-order valence-electron chi connectivity index (χ1n) is 6.99. The molecule has 0 radical (unpaired) electrons. The van der Waals surface area contributed by atoms with Crippen molar-refractivity contribution in [1.82, 2.24) is 5.32 Å². The van der Waals surface area contributed by atoms with E-state index in [4.69, 9.17) is 0 Å². The summed E-state index contributed by atoms with van der Waals surface area (Å²) in [7, 11) is 0. The highest BCUT2D eigenvalue weighted by atomic mass is 16.2. The van der Waals surface area contributed by atoms with Gasteiger partial charge >= 0.3 is 0 Å². The summed E-state index contributed by atoms with van der Waals surface area (Å²) in [6.45, 7) is 11.0. The number of amides is 1. The quantitative estimate of drug-likeness (QED) is 0.842. The van der Waals surface area contributed by atoms with Gasteiger partial charge in [-0.25, -0.2) is 0 Å². The van der Waals surface area contributed by atoms with Crippen molar-refractivity contribution in [3.63, 3.8) is 0 Å². The molecule has 1 aliphatic heterocycles. The van der Waals surface area contributed by atoms with Crippen LogP contribution in [-0.4, -0.2) is 24.0 Å². The predicted octanol–water partition coefficient (Wildman–Crippen LogP) is 2.80. The molecule has 1 aliphatic rings. The van der Waals surface area contributed by atoms with Gasteiger partial charge < -0.3 is 10.2 Å². The summed E-state index contributed by atoms with van der Waals surface area (Å²) in [5.74, 6) is 0.158. The molecular weight excluding hydrogens is 236 g/mol. The first-order valence-corrected chi connectivity index (χ1v) is 6.99. The second-order valence-electron chi connectivity index (χ2n) is 6.13. The Labute approximate surface area is 116 Å². The molecule has 1 N–H and O–H groups in total. The van der Waals surface area contributed by atoms with E-state index in [1.54, 1.807) is 0 Å². The molecule has 1 amide bonds. The van der Waals surface area contributed by atoms with Gasteiger partial charge in [-0.2, -0.15) is 0 Å². The summed E-state index contributed by atoms with van der Waals surface area (Å²) in [5, 5.41) is 3.41. The Morgan fingerprint density at radius 1 is 1.32 bits per heavy atom. The van der Waals surface area contributed by atoms with E-state index in [0.29, 0.717) is 6.04 Å². The van der Waals surface area contributed by atoms with E-state index < -0.39 is 5.54 Å². The average molecular weight is 260 g/mol. The van der Waals surface area contributed by atoms with Gasteiger partial charge in [0.2, 0.25) is 5.91 Å². The standard InChI is InChI=1S/C16H24N2O/c1-11-7-6-8-14(13(11)3)18-10-9-12(2)17-16(4,5)15(18)19/h6-8,12,17H,9-10H2,1-5H3. The average Bonchev–Trinajstić information content (AvgIpc) is 2.42. The van der Waals surface area contributed by atoms with Crippen LogP contribution in [0.5, 0.6) is 0 Å². The number of nitrogens with zero attached hydrogens (tertiary/aromatic N) is 1. The van der Waals surface area contributed by atoms with Gasteiger partial charge in [-0.1, -0.05) is 12.1 Å². The van der Waals surface area contributed by atoms with Crippen LogP contribution in [0.1, 0.15) is 38.3 Å². The zero-order chi connectivity index (χ0) is 14.2. The summed E-state index contributed by atoms with van der Waals surface area (Å²) in [5.41, 5.74) is 2.97. The van der Waals surface area contributed by atoms with E-state index in [1.807, 2.05) is 30.9 Å². The monoisotopic (exact) mass is 260 g/mol. The topological polar surface area (TPSA) is 32.3 Å². The van der Waals surface area contributed by atoms with Crippen LogP contribution in [0, 0.1) is 13.8 Å². The largest absolute Gasteiger partial charge is 0.311 e. The zero-order valence-electron chi connectivity index (χ0n) is 12.6. The first-order chi connectivity index (χ1) is 8.83. The van der Waals surface area contributed by atoms with Crippen LogP contribution < -0.4 is 10.2 Å². The molecule has 1 atom stereocenters. The molecule has 0 aliphatic carbocycles. The van der Waals surface area contributed by atoms with Gasteiger partial charge in [-0.3, -0.25) is 4.79 Å². The van der Waals surface area contributed by atoms with Crippen LogP contribution in [0.2, 0.25) is 0 Å². The molecule has 1 fully saturated rings. The minimum absolute atomic E-state index is 0.158. The third kappa shape index (κ3) is 2.66. The second kappa shape index (κ2) is 4.97. The molecule has 3 heteroatoms. The normalized spacial score (nSPS) is 23.3. The van der Waals surface area contributed by atoms with Crippen LogP contribution >= 0.6 is 0 Å². The number of hydrogen-bond donors (Lipinski definition) is 1. The second-order valence-corrected chi connectivity index (χ2v) is 6.13. The fourth-order valence-corrected chi connectivity index (χ4v) is 2.77. The molecule has 104 valence electrons. The van der Waals surface area contributed by atoms with Crippen LogP contribution in [0.25, 0.3) is 0 Å². The molecule has 0 bridgehead atoms. The van der Waals surface area contributed by atoms with Gasteiger partial charge in [0.25, 0.3) is 0 Å². The lowest BCUT2D eigenvalue weighted by Gasteiger charge is -2.31. The molecule has 3 nitrogen and oxygen atoms in total. The molecule has 1 unspecified atom stereocenters. The van der Waals surface area contributed by atoms with Crippen molar-refractivity contribution >= 4 is 11.6 Å². The van der Waals surface area contributed by atoms with Gasteiger partial charge in [0.15, 0.2) is 0 Å². The van der Waals surface area contributed by atoms with Crippen molar-refractivity contribution in [1.29, 1.82) is 0 Å². The first kappa shape index (κ1) is 14.1. The maximum absolute atomic E-state index is 12.7. The summed E-state index contributed by atoms with van der Waals surface area (Å²) >= 11 is 0. The highest BCUT2D eigenvalue weighted by molar-refractivity contribution is 6.00. The molecule has 1 heterocycles. The Morgan fingerprint density at radius 2 is 2.00 bits per heavy atom. The van der Waals surface area contributed by atoms with Crippen molar-refractivity contribution in [2.45, 2.75) is 52.6 Å². The number of aryl methyl sites for hydroxylation is 1. The summed E-state index contributed by atoms with van der Waals surface area (Å²) < 4.78 is 0. The molecule has 1 aromatic rings. The highest BCUT2D eigenvalue weighted by Gasteiger charge is 2.36. The number of benzene rings is 1. The van der Waals surface area contributed by atoms with Crippen molar-refractivity contribution < 1.29 is 4.79 Å². The lowest BCUT2D eigenvalue weighted by molar-refractivity contribution is -0.123. The number of anilines is 1. The Balaban J connectivity index is 2.43. The van der Waals surface area contributed by atoms with E-state index in [9.17, 15) is 4.79 Å². The zero-order valence-corrected chi connectivity index (χ0v) is 12.6. The van der Waals surface area contributed by atoms with Gasteiger partial charge in [0.05, 0.1) is 5.54 Å². The van der Waals surface area contributed by atoms with Gasteiger partial charge in [0.1, 0.15) is 0 Å². The SMILES string of the molecule is Cc1cccc(N2CCC(C)NC(C)(C)C2=O)c1C. The maximum atomic E-state index is 12.7. The van der Waals surface area contributed by atoms with E-state index in [2.05, 4.69) is 32.2 Å². The molecule has 1 aromatic carbocycles. The van der Waals surface area contributed by atoms with Crippen molar-refractivity contribution in [3.05, 3.63) is 29.3 Å². The van der Waals surface area contributed by atoms with Crippen molar-refractivity contribution in [2.24, 2.45) is 0 Å². The molecule has 0 spiro atoms. The fourth-order valence-electron chi connectivity index (χ4n) is 2.77. The number of carbonyl (C=O) groups excluding carboxylic acids is 1. The third-order valence-corrected chi connectivity index (χ3v) is 4.04. The summed E-state index contributed by atoms with van der Waals surface area (Å²) in [6, 6.07) is 6.52. The van der Waals surface area contributed by atoms with E-state index in [1.165, 1.54) is 11.1 Å². The lowest BCUT2D eigenvalue weighted by atomic mass is 10.0. The number of hydrogen-bond acceptors (Lipinski definition) is 2. The predicted molar refractivity (Wildman–Crippen MR) is 79.6 cm³/mol. The molecule has 0 aromatic heterocycles. The van der Waals surface area contributed by atoms with Gasteiger partial charge in [-0.05, 0) is 58.2 Å². The Morgan fingerprint density at radius 3 is 2.68 bits per heavy atom. The molecular formula is C16H24N2O. The highest BCUT2D eigenvalue weighted by Crippen LogP contribution is 2.27. The van der Waals surface area contributed by atoms with Gasteiger partial charge in [-0.15, -0.1) is 0 Å². The van der Waals surface area contributed by atoms with Crippen LogP contribution in [0.15, 0.2) is 18.2 Å². The fraction of sp³-hybridized carbons (Fsp3) is 0.562. The number of nitrogens with one attached hydrogen (secondary N) is 1. The van der Waals surface area contributed by atoms with Crippen LogP contribution in [0.4, 0.5) is 5.69 Å². The summed E-state index contributed by atoms with van der Waals surface area (Å²) in [6.07, 6.45) is 0.975. The van der Waals surface area contributed by atoms with Crippen LogP contribution in [-0.2, 0) is 4.79 Å². The van der Waals surface area contributed by atoms with E-state index in [-0.39, 0.29) is 5.91 Å². The van der Waals surface area contributed by atoms with Crippen molar-refractivity contribution in [2.75, 3.05) is 11.4 Å². The smallest absolute Gasteiger partial charge is 0.246 e. The Bertz CT molecular complexity index is 494. The van der Waals surface area contributed by atoms with E-state index >= 15 is 0 Å². The number of carbonyl (C=O) groups is 1. The molecule has 0 saturated carbocycles. The van der Waals surface area contributed by atoms with E-state index in [0.717, 1.165) is 18.7 Å². The van der Waals surface area contributed by atoms with Crippen LogP contribution in [0.3, 0.4) is 0 Å². The molecule has 19 heavy (non-hydrogen) atoms. The maximum Gasteiger partial charge on any atom is 0.246 e. The summed E-state index contributed by atoms with van der Waals surface area (Å²) in [4.78, 5) is 14.7. The lowest BCUT2D eigenvalue weighted by Crippen LogP contribution is -2.53. The molecule has 2 rings (SSSR count). The van der Waals surface area contributed by atoms with Crippen molar-refractivity contribution in [3.8, 4) is 0 Å². The minimum Gasteiger partial charge on any atom is -0.311 e. The van der Waals surface area contributed by atoms with Gasteiger partial charge in [0, 0.05) is 18.3 Å². The third-order valence-electron chi connectivity index (χ3n) is 4.04. The number of rotatable bonds is 1. The Hall–Kier alpha value is -1.35.